The van der Waals surface area contributed by atoms with Crippen LogP contribution in [0.5, 0.6) is 0 Å². The topological polar surface area (TPSA) is 69.6 Å². The van der Waals surface area contributed by atoms with Gasteiger partial charge in [-0.25, -0.2) is 4.39 Å². The zero-order valence-corrected chi connectivity index (χ0v) is 8.47. The fourth-order valence-electron chi connectivity index (χ4n) is 1.70. The van der Waals surface area contributed by atoms with Crippen molar-refractivity contribution in [1.82, 2.24) is 20.2 Å². The van der Waals surface area contributed by atoms with Crippen LogP contribution in [0.1, 0.15) is 24.6 Å². The number of rotatable bonds is 2. The molecule has 0 atom stereocenters. The zero-order chi connectivity index (χ0) is 11.1. The minimum absolute atomic E-state index is 0.245. The molecule has 2 N–H and O–H groups in total. The Morgan fingerprint density at radius 2 is 2.19 bits per heavy atom. The van der Waals surface area contributed by atoms with E-state index in [1.54, 1.807) is 12.1 Å². The van der Waals surface area contributed by atoms with Gasteiger partial charge in [0, 0.05) is 5.92 Å². The smallest absolute Gasteiger partial charge is 0.159 e. The maximum atomic E-state index is 13.7. The molecule has 0 amide bonds. The Bertz CT molecular complexity index is 512. The molecule has 5 nitrogen and oxygen atoms in total. The van der Waals surface area contributed by atoms with Crippen molar-refractivity contribution in [2.45, 2.75) is 18.8 Å². The molecule has 1 fully saturated rings. The number of nitrogens with zero attached hydrogens (tertiary/aromatic N) is 4. The van der Waals surface area contributed by atoms with Crippen molar-refractivity contribution >= 4 is 5.69 Å². The lowest BCUT2D eigenvalue weighted by Gasteiger charge is -2.07. The second-order valence-electron chi connectivity index (χ2n) is 3.90. The molecule has 1 aliphatic carbocycles. The lowest BCUT2D eigenvalue weighted by Crippen LogP contribution is -2.07. The van der Waals surface area contributed by atoms with E-state index in [2.05, 4.69) is 15.5 Å². The summed E-state index contributed by atoms with van der Waals surface area (Å²) in [6.45, 7) is 0. The first kappa shape index (κ1) is 9.26. The number of tetrazole rings is 1. The van der Waals surface area contributed by atoms with Crippen LogP contribution in [-0.4, -0.2) is 20.2 Å². The van der Waals surface area contributed by atoms with Gasteiger partial charge in [-0.15, -0.1) is 5.10 Å². The minimum atomic E-state index is -0.408. The van der Waals surface area contributed by atoms with E-state index in [1.165, 1.54) is 10.7 Å². The zero-order valence-electron chi connectivity index (χ0n) is 8.47. The van der Waals surface area contributed by atoms with Gasteiger partial charge in [0.1, 0.15) is 5.69 Å². The average Bonchev–Trinajstić information content (AvgIpc) is 2.99. The van der Waals surface area contributed by atoms with Crippen LogP contribution in [0.2, 0.25) is 0 Å². The standard InChI is InChI=1S/C10H10FN5/c11-7-2-1-3-8(12)9(7)16-10(6-4-5-6)13-14-15-16/h1-3,6H,4-5,12H2. The van der Waals surface area contributed by atoms with Crippen LogP contribution >= 0.6 is 0 Å². The van der Waals surface area contributed by atoms with Crippen molar-refractivity contribution in [3.05, 3.63) is 29.8 Å². The maximum Gasteiger partial charge on any atom is 0.159 e. The first-order valence-electron chi connectivity index (χ1n) is 5.10. The van der Waals surface area contributed by atoms with Gasteiger partial charge < -0.3 is 5.73 Å². The summed E-state index contributed by atoms with van der Waals surface area (Å²) < 4.78 is 15.1. The molecule has 0 radical (unpaired) electrons. The third kappa shape index (κ3) is 1.34. The molecule has 1 aliphatic rings. The fraction of sp³-hybridized carbons (Fsp3) is 0.300. The number of hydrogen-bond donors (Lipinski definition) is 1. The third-order valence-corrected chi connectivity index (χ3v) is 2.67. The van der Waals surface area contributed by atoms with Gasteiger partial charge in [0.05, 0.1) is 5.69 Å². The number of halogens is 1. The summed E-state index contributed by atoms with van der Waals surface area (Å²) in [5.74, 6) is 0.625. The van der Waals surface area contributed by atoms with Gasteiger partial charge in [-0.1, -0.05) is 6.07 Å². The molecule has 6 heteroatoms. The summed E-state index contributed by atoms with van der Waals surface area (Å²) in [5.41, 5.74) is 6.33. The molecule has 2 aromatic rings. The Morgan fingerprint density at radius 1 is 1.38 bits per heavy atom. The Hall–Kier alpha value is -1.98. The van der Waals surface area contributed by atoms with Crippen molar-refractivity contribution in [3.8, 4) is 5.69 Å². The van der Waals surface area contributed by atoms with Crippen LogP contribution in [0.25, 0.3) is 5.69 Å². The monoisotopic (exact) mass is 219 g/mol. The molecule has 0 saturated heterocycles. The van der Waals surface area contributed by atoms with Crippen molar-refractivity contribution < 1.29 is 4.39 Å². The summed E-state index contributed by atoms with van der Waals surface area (Å²) in [6.07, 6.45) is 2.10. The molecule has 3 rings (SSSR count). The number of anilines is 1. The number of hydrogen-bond acceptors (Lipinski definition) is 4. The van der Waals surface area contributed by atoms with E-state index in [1.807, 2.05) is 0 Å². The highest BCUT2D eigenvalue weighted by atomic mass is 19.1. The Kier molecular flexibility index (Phi) is 1.89. The molecule has 1 aromatic heterocycles. The number of para-hydroxylation sites is 1. The van der Waals surface area contributed by atoms with Crippen molar-refractivity contribution in [2.75, 3.05) is 5.73 Å². The van der Waals surface area contributed by atoms with E-state index in [0.29, 0.717) is 17.4 Å². The highest BCUT2D eigenvalue weighted by Gasteiger charge is 2.31. The molecule has 0 aliphatic heterocycles. The second-order valence-corrected chi connectivity index (χ2v) is 3.90. The van der Waals surface area contributed by atoms with Crippen LogP contribution < -0.4 is 5.73 Å². The first-order chi connectivity index (χ1) is 7.77. The minimum Gasteiger partial charge on any atom is -0.397 e. The van der Waals surface area contributed by atoms with Crippen LogP contribution in [0, 0.1) is 5.82 Å². The molecule has 1 aromatic carbocycles. The van der Waals surface area contributed by atoms with Gasteiger partial charge in [-0.3, -0.25) is 0 Å². The van der Waals surface area contributed by atoms with Gasteiger partial charge in [0.25, 0.3) is 0 Å². The van der Waals surface area contributed by atoms with Crippen LogP contribution in [0.4, 0.5) is 10.1 Å². The summed E-state index contributed by atoms with van der Waals surface area (Å²) in [4.78, 5) is 0. The van der Waals surface area contributed by atoms with Crippen molar-refractivity contribution in [1.29, 1.82) is 0 Å². The van der Waals surface area contributed by atoms with E-state index >= 15 is 0 Å². The Labute approximate surface area is 91.1 Å². The summed E-state index contributed by atoms with van der Waals surface area (Å²) >= 11 is 0. The molecule has 16 heavy (non-hydrogen) atoms. The SMILES string of the molecule is Nc1cccc(F)c1-n1nnnc1C1CC1. The molecule has 0 spiro atoms. The number of benzene rings is 1. The number of aromatic nitrogens is 4. The van der Waals surface area contributed by atoms with Crippen LogP contribution in [0.3, 0.4) is 0 Å². The summed E-state index contributed by atoms with van der Waals surface area (Å²) in [6, 6.07) is 4.55. The van der Waals surface area contributed by atoms with Crippen LogP contribution in [-0.2, 0) is 0 Å². The fourth-order valence-corrected chi connectivity index (χ4v) is 1.70. The highest BCUT2D eigenvalue weighted by Crippen LogP contribution is 2.39. The number of nitrogen functional groups attached to an aromatic ring is 1. The first-order valence-corrected chi connectivity index (χ1v) is 5.10. The van der Waals surface area contributed by atoms with Crippen molar-refractivity contribution in [2.24, 2.45) is 0 Å². The Morgan fingerprint density at radius 3 is 2.88 bits per heavy atom. The van der Waals surface area contributed by atoms with E-state index in [4.69, 9.17) is 5.73 Å². The van der Waals surface area contributed by atoms with E-state index in [9.17, 15) is 4.39 Å². The second kappa shape index (κ2) is 3.26. The predicted molar refractivity (Wildman–Crippen MR) is 55.5 cm³/mol. The van der Waals surface area contributed by atoms with E-state index < -0.39 is 5.82 Å². The third-order valence-electron chi connectivity index (χ3n) is 2.67. The van der Waals surface area contributed by atoms with Gasteiger partial charge in [0.15, 0.2) is 11.6 Å². The van der Waals surface area contributed by atoms with Gasteiger partial charge >= 0.3 is 0 Å². The van der Waals surface area contributed by atoms with Gasteiger partial charge in [-0.2, -0.15) is 4.68 Å². The predicted octanol–water partition coefficient (Wildman–Crippen LogP) is 1.26. The van der Waals surface area contributed by atoms with Gasteiger partial charge in [-0.05, 0) is 35.4 Å². The Balaban J connectivity index is 2.17. The summed E-state index contributed by atoms with van der Waals surface area (Å²) in [5, 5.41) is 11.3. The largest absolute Gasteiger partial charge is 0.397 e. The lowest BCUT2D eigenvalue weighted by atomic mass is 10.2. The molecule has 0 bridgehead atoms. The lowest BCUT2D eigenvalue weighted by molar-refractivity contribution is 0.603. The van der Waals surface area contributed by atoms with E-state index in [-0.39, 0.29) is 5.69 Å². The molecule has 1 heterocycles. The van der Waals surface area contributed by atoms with E-state index in [0.717, 1.165) is 12.8 Å². The molecule has 82 valence electrons. The molecule has 1 saturated carbocycles. The highest BCUT2D eigenvalue weighted by molar-refractivity contribution is 5.58. The van der Waals surface area contributed by atoms with Crippen molar-refractivity contribution in [3.63, 3.8) is 0 Å². The normalized spacial score (nSPS) is 15.3. The summed E-state index contributed by atoms with van der Waals surface area (Å²) in [7, 11) is 0. The molecular weight excluding hydrogens is 209 g/mol. The number of nitrogens with two attached hydrogens (primary N) is 1. The quantitative estimate of drug-likeness (QED) is 0.772. The van der Waals surface area contributed by atoms with Gasteiger partial charge in [0.2, 0.25) is 0 Å². The molecular formula is C10H10FN5. The van der Waals surface area contributed by atoms with Crippen LogP contribution in [0.15, 0.2) is 18.2 Å². The molecule has 0 unspecified atom stereocenters. The average molecular weight is 219 g/mol. The maximum absolute atomic E-state index is 13.7.